The van der Waals surface area contributed by atoms with Crippen LogP contribution >= 0.6 is 0 Å². The van der Waals surface area contributed by atoms with Gasteiger partial charge in [-0.05, 0) is 69.5 Å². The van der Waals surface area contributed by atoms with Crippen molar-refractivity contribution in [1.82, 2.24) is 19.6 Å². The Morgan fingerprint density at radius 3 is 2.59 bits per heavy atom. The molecule has 6 heteroatoms. The van der Waals surface area contributed by atoms with Crippen LogP contribution in [0, 0.1) is 5.92 Å². The van der Waals surface area contributed by atoms with Crippen molar-refractivity contribution < 1.29 is 4.74 Å². The fraction of sp³-hybridized carbons (Fsp3) is 0.810. The van der Waals surface area contributed by atoms with Crippen molar-refractivity contribution >= 4 is 0 Å². The van der Waals surface area contributed by atoms with Gasteiger partial charge in [-0.25, -0.2) is 4.68 Å². The average molecular weight is 375 g/mol. The molecule has 0 atom stereocenters. The fourth-order valence-corrected chi connectivity index (χ4v) is 4.67. The Hall–Kier alpha value is -1.24. The van der Waals surface area contributed by atoms with Gasteiger partial charge >= 0.3 is 0 Å². The van der Waals surface area contributed by atoms with Crippen molar-refractivity contribution in [3.05, 3.63) is 27.7 Å². The first-order valence-corrected chi connectivity index (χ1v) is 10.9. The van der Waals surface area contributed by atoms with E-state index in [4.69, 9.17) is 9.84 Å². The summed E-state index contributed by atoms with van der Waals surface area (Å²) in [5.74, 6) is 0.583. The highest BCUT2D eigenvalue weighted by molar-refractivity contribution is 5.20. The van der Waals surface area contributed by atoms with E-state index in [-0.39, 0.29) is 5.56 Å². The maximum Gasteiger partial charge on any atom is 0.267 e. The zero-order valence-corrected chi connectivity index (χ0v) is 16.6. The number of nitrogens with zero attached hydrogens (tertiary/aromatic N) is 4. The molecule has 27 heavy (non-hydrogen) atoms. The summed E-state index contributed by atoms with van der Waals surface area (Å²) in [5, 5.41) is 4.70. The molecular weight excluding hydrogens is 340 g/mol. The first-order chi connectivity index (χ1) is 13.3. The van der Waals surface area contributed by atoms with Crippen molar-refractivity contribution in [2.45, 2.75) is 51.5 Å². The van der Waals surface area contributed by atoms with E-state index in [1.807, 2.05) is 6.07 Å². The lowest BCUT2D eigenvalue weighted by Crippen LogP contribution is -2.41. The minimum absolute atomic E-state index is 0.0986. The molecule has 4 rings (SSSR count). The average Bonchev–Trinajstić information content (AvgIpc) is 2.97. The molecule has 2 aliphatic heterocycles. The second-order valence-corrected chi connectivity index (χ2v) is 8.44. The molecule has 0 unspecified atom stereocenters. The summed E-state index contributed by atoms with van der Waals surface area (Å²) in [4.78, 5) is 17.5. The molecule has 0 radical (unpaired) electrons. The quantitative estimate of drug-likeness (QED) is 0.783. The zero-order chi connectivity index (χ0) is 18.5. The lowest BCUT2D eigenvalue weighted by Gasteiger charge is -2.33. The van der Waals surface area contributed by atoms with Gasteiger partial charge in [0, 0.05) is 45.4 Å². The van der Waals surface area contributed by atoms with Crippen LogP contribution in [0.25, 0.3) is 0 Å². The minimum Gasteiger partial charge on any atom is -0.380 e. The third-order valence-corrected chi connectivity index (χ3v) is 6.46. The van der Waals surface area contributed by atoms with E-state index in [1.54, 1.807) is 4.68 Å². The normalized spacial score (nSPS) is 23.1. The van der Waals surface area contributed by atoms with Gasteiger partial charge in [-0.3, -0.25) is 9.69 Å². The monoisotopic (exact) mass is 374 g/mol. The maximum atomic E-state index is 12.4. The summed E-state index contributed by atoms with van der Waals surface area (Å²) < 4.78 is 7.29. The van der Waals surface area contributed by atoms with Crippen LogP contribution in [0.5, 0.6) is 0 Å². The van der Waals surface area contributed by atoms with Gasteiger partial charge in [0.1, 0.15) is 0 Å². The first-order valence-electron chi connectivity index (χ1n) is 10.9. The summed E-state index contributed by atoms with van der Waals surface area (Å²) >= 11 is 0. The molecule has 2 saturated heterocycles. The van der Waals surface area contributed by atoms with E-state index in [9.17, 15) is 4.79 Å². The van der Waals surface area contributed by atoms with Gasteiger partial charge in [-0.2, -0.15) is 5.10 Å². The number of ether oxygens (including phenoxy) is 1. The SMILES string of the molecule is O=c1cc2c(nn1CC1CCN(CCN3CCCOCC3)CC1)CCCC2. The number of piperidine rings is 1. The van der Waals surface area contributed by atoms with E-state index < -0.39 is 0 Å². The van der Waals surface area contributed by atoms with E-state index in [1.165, 1.54) is 43.5 Å². The predicted octanol–water partition coefficient (Wildman–Crippen LogP) is 1.56. The van der Waals surface area contributed by atoms with Crippen LogP contribution in [0.15, 0.2) is 10.9 Å². The highest BCUT2D eigenvalue weighted by Gasteiger charge is 2.22. The van der Waals surface area contributed by atoms with Crippen molar-refractivity contribution in [1.29, 1.82) is 0 Å². The van der Waals surface area contributed by atoms with E-state index in [0.717, 1.165) is 71.7 Å². The number of aryl methyl sites for hydroxylation is 2. The Balaban J connectivity index is 1.24. The molecular formula is C21H34N4O2. The zero-order valence-electron chi connectivity index (χ0n) is 16.6. The second-order valence-electron chi connectivity index (χ2n) is 8.44. The van der Waals surface area contributed by atoms with Gasteiger partial charge in [0.15, 0.2) is 0 Å². The van der Waals surface area contributed by atoms with Gasteiger partial charge in [0.05, 0.1) is 12.3 Å². The Morgan fingerprint density at radius 1 is 0.963 bits per heavy atom. The number of rotatable bonds is 5. The van der Waals surface area contributed by atoms with Gasteiger partial charge in [0.2, 0.25) is 0 Å². The minimum atomic E-state index is 0.0986. The summed E-state index contributed by atoms with van der Waals surface area (Å²) in [5.41, 5.74) is 2.46. The smallest absolute Gasteiger partial charge is 0.267 e. The number of hydrogen-bond acceptors (Lipinski definition) is 5. The second kappa shape index (κ2) is 9.30. The molecule has 6 nitrogen and oxygen atoms in total. The molecule has 0 bridgehead atoms. The van der Waals surface area contributed by atoms with Gasteiger partial charge < -0.3 is 9.64 Å². The number of fused-ring (bicyclic) bond motifs is 1. The third kappa shape index (κ3) is 5.18. The van der Waals surface area contributed by atoms with Gasteiger partial charge in [-0.15, -0.1) is 0 Å². The molecule has 1 aromatic heterocycles. The molecule has 3 aliphatic rings. The Kier molecular flexibility index (Phi) is 6.58. The summed E-state index contributed by atoms with van der Waals surface area (Å²) in [6, 6.07) is 1.85. The van der Waals surface area contributed by atoms with Crippen LogP contribution in [-0.4, -0.2) is 72.1 Å². The number of likely N-dealkylation sites (tertiary alicyclic amines) is 1. The fourth-order valence-electron chi connectivity index (χ4n) is 4.67. The lowest BCUT2D eigenvalue weighted by atomic mass is 9.96. The van der Waals surface area contributed by atoms with E-state index >= 15 is 0 Å². The lowest BCUT2D eigenvalue weighted by molar-refractivity contribution is 0.129. The van der Waals surface area contributed by atoms with Crippen molar-refractivity contribution in [2.24, 2.45) is 5.92 Å². The molecule has 1 aliphatic carbocycles. The molecule has 0 aromatic carbocycles. The van der Waals surface area contributed by atoms with Gasteiger partial charge in [0.25, 0.3) is 5.56 Å². The molecule has 0 saturated carbocycles. The first kappa shape index (κ1) is 19.1. The Bertz CT molecular complexity index is 659. The molecule has 1 aromatic rings. The molecule has 3 heterocycles. The summed E-state index contributed by atoms with van der Waals surface area (Å²) in [7, 11) is 0. The van der Waals surface area contributed by atoms with Crippen LogP contribution < -0.4 is 5.56 Å². The van der Waals surface area contributed by atoms with E-state index in [0.29, 0.717) is 5.92 Å². The molecule has 0 N–H and O–H groups in total. The van der Waals surface area contributed by atoms with Crippen LogP contribution in [0.4, 0.5) is 0 Å². The third-order valence-electron chi connectivity index (χ3n) is 6.46. The number of aromatic nitrogens is 2. The highest BCUT2D eigenvalue weighted by atomic mass is 16.5. The summed E-state index contributed by atoms with van der Waals surface area (Å²) in [6.45, 7) is 9.44. The number of hydrogen-bond donors (Lipinski definition) is 0. The molecule has 0 amide bonds. The Morgan fingerprint density at radius 2 is 1.74 bits per heavy atom. The van der Waals surface area contributed by atoms with Crippen LogP contribution in [-0.2, 0) is 24.1 Å². The van der Waals surface area contributed by atoms with Crippen molar-refractivity contribution in [3.63, 3.8) is 0 Å². The van der Waals surface area contributed by atoms with Crippen LogP contribution in [0.3, 0.4) is 0 Å². The van der Waals surface area contributed by atoms with Gasteiger partial charge in [-0.1, -0.05) is 0 Å². The van der Waals surface area contributed by atoms with Crippen molar-refractivity contribution in [3.8, 4) is 0 Å². The van der Waals surface area contributed by atoms with E-state index in [2.05, 4.69) is 9.80 Å². The standard InChI is InChI=1S/C21H34N4O2/c26-21-16-19-4-1-2-5-20(19)22-25(21)17-18-6-9-24(10-7-18)12-11-23-8-3-14-27-15-13-23/h16,18H,1-15,17H2. The molecule has 2 fully saturated rings. The molecule has 0 spiro atoms. The summed E-state index contributed by atoms with van der Waals surface area (Å²) in [6.07, 6.45) is 7.98. The predicted molar refractivity (Wildman–Crippen MR) is 106 cm³/mol. The maximum absolute atomic E-state index is 12.4. The van der Waals surface area contributed by atoms with Crippen LogP contribution in [0.2, 0.25) is 0 Å². The highest BCUT2D eigenvalue weighted by Crippen LogP contribution is 2.20. The molecule has 150 valence electrons. The largest absolute Gasteiger partial charge is 0.380 e. The Labute approximate surface area is 162 Å². The topological polar surface area (TPSA) is 50.6 Å². The van der Waals surface area contributed by atoms with Crippen LogP contribution in [0.1, 0.15) is 43.4 Å². The van der Waals surface area contributed by atoms with Crippen molar-refractivity contribution in [2.75, 3.05) is 52.5 Å².